The first kappa shape index (κ1) is 21.9. The predicted molar refractivity (Wildman–Crippen MR) is 100 cm³/mol. The fourth-order valence-corrected chi connectivity index (χ4v) is 3.54. The molecule has 3 atom stereocenters. The van der Waals surface area contributed by atoms with Gasteiger partial charge in [-0.1, -0.05) is 48.0 Å². The van der Waals surface area contributed by atoms with Gasteiger partial charge < -0.3 is 10.2 Å². The van der Waals surface area contributed by atoms with Crippen LogP contribution in [0.25, 0.3) is 0 Å². The summed E-state index contributed by atoms with van der Waals surface area (Å²) in [7, 11) is 0. The summed E-state index contributed by atoms with van der Waals surface area (Å²) >= 11 is 0. The van der Waals surface area contributed by atoms with Crippen LogP contribution in [0.2, 0.25) is 0 Å². The molecule has 0 bridgehead atoms. The summed E-state index contributed by atoms with van der Waals surface area (Å²) in [6.45, 7) is 12.2. The molecule has 0 fully saturated rings. The minimum Gasteiger partial charge on any atom is -0.511 e. The van der Waals surface area contributed by atoms with Crippen molar-refractivity contribution in [3.63, 3.8) is 0 Å². The van der Waals surface area contributed by atoms with Gasteiger partial charge in [-0.25, -0.2) is 0 Å². The highest BCUT2D eigenvalue weighted by molar-refractivity contribution is 6.23. The maximum Gasteiger partial charge on any atom is 0.176 e. The molecule has 0 saturated heterocycles. The molecule has 1 aliphatic rings. The van der Waals surface area contributed by atoms with Crippen LogP contribution in [0.15, 0.2) is 11.3 Å². The fourth-order valence-electron chi connectivity index (χ4n) is 3.54. The zero-order chi connectivity index (χ0) is 19.3. The van der Waals surface area contributed by atoms with Crippen molar-refractivity contribution in [2.45, 2.75) is 79.8 Å². The first-order valence-corrected chi connectivity index (χ1v) is 9.74. The van der Waals surface area contributed by atoms with Crippen molar-refractivity contribution in [3.05, 3.63) is 11.3 Å². The summed E-state index contributed by atoms with van der Waals surface area (Å²) in [5.74, 6) is -0.828. The van der Waals surface area contributed by atoms with Gasteiger partial charge >= 0.3 is 0 Å². The number of aliphatic hydroxyl groups excluding tert-OH is 2. The molecule has 2 N–H and O–H groups in total. The van der Waals surface area contributed by atoms with E-state index >= 15 is 0 Å². The number of carbonyl (C=O) groups is 2. The van der Waals surface area contributed by atoms with Crippen LogP contribution in [0.4, 0.5) is 0 Å². The second kappa shape index (κ2) is 9.51. The number of rotatable bonds is 10. The Bertz CT molecular complexity index is 502. The van der Waals surface area contributed by atoms with E-state index in [-0.39, 0.29) is 35.2 Å². The number of ketones is 2. The van der Waals surface area contributed by atoms with E-state index in [9.17, 15) is 19.8 Å². The highest BCUT2D eigenvalue weighted by atomic mass is 16.3. The third-order valence-corrected chi connectivity index (χ3v) is 4.97. The highest BCUT2D eigenvalue weighted by Gasteiger charge is 2.47. The van der Waals surface area contributed by atoms with E-state index in [1.54, 1.807) is 0 Å². The van der Waals surface area contributed by atoms with Crippen LogP contribution >= 0.6 is 0 Å². The SMILES string of the molecule is CC(C)CCC(O)C1C(=O)C(C(=O)CC(C)C)=C(O)C1CCC(C)C. The van der Waals surface area contributed by atoms with E-state index < -0.39 is 17.9 Å². The van der Waals surface area contributed by atoms with Crippen LogP contribution in [0.5, 0.6) is 0 Å². The standard InChI is InChI=1S/C21H36O4/c1-12(2)7-9-15-18(16(22)10-8-13(3)4)21(25)19(20(15)24)17(23)11-14(5)6/h12-16,18,22,24H,7-11H2,1-6H3. The second-order valence-corrected chi connectivity index (χ2v) is 8.79. The molecule has 0 heterocycles. The second-order valence-electron chi connectivity index (χ2n) is 8.79. The van der Waals surface area contributed by atoms with Gasteiger partial charge in [-0.05, 0) is 37.0 Å². The van der Waals surface area contributed by atoms with Crippen molar-refractivity contribution in [2.24, 2.45) is 29.6 Å². The summed E-state index contributed by atoms with van der Waals surface area (Å²) < 4.78 is 0. The first-order chi connectivity index (χ1) is 11.6. The van der Waals surface area contributed by atoms with Crippen LogP contribution in [0, 0.1) is 29.6 Å². The van der Waals surface area contributed by atoms with Gasteiger partial charge in [-0.15, -0.1) is 0 Å². The maximum absolute atomic E-state index is 12.9. The van der Waals surface area contributed by atoms with Crippen molar-refractivity contribution in [3.8, 4) is 0 Å². The molecule has 1 rings (SSSR count). The van der Waals surface area contributed by atoms with Gasteiger partial charge in [0.15, 0.2) is 11.6 Å². The van der Waals surface area contributed by atoms with E-state index in [1.807, 2.05) is 13.8 Å². The van der Waals surface area contributed by atoms with E-state index in [4.69, 9.17) is 0 Å². The van der Waals surface area contributed by atoms with E-state index in [1.165, 1.54) is 0 Å². The number of aliphatic hydroxyl groups is 2. The lowest BCUT2D eigenvalue weighted by Crippen LogP contribution is -2.32. The normalized spacial score (nSPS) is 22.6. The number of carbonyl (C=O) groups excluding carboxylic acids is 2. The fraction of sp³-hybridized carbons (Fsp3) is 0.810. The number of Topliss-reactive ketones (excluding diaryl/α,β-unsaturated/α-hetero) is 2. The van der Waals surface area contributed by atoms with Gasteiger partial charge in [0, 0.05) is 12.3 Å². The molecule has 0 aromatic carbocycles. The Labute approximate surface area is 152 Å². The summed E-state index contributed by atoms with van der Waals surface area (Å²) in [6, 6.07) is 0. The minimum atomic E-state index is -0.807. The molecular weight excluding hydrogens is 316 g/mol. The van der Waals surface area contributed by atoms with Gasteiger partial charge in [0.25, 0.3) is 0 Å². The van der Waals surface area contributed by atoms with Crippen molar-refractivity contribution in [1.29, 1.82) is 0 Å². The molecule has 0 aromatic heterocycles. The van der Waals surface area contributed by atoms with E-state index in [0.29, 0.717) is 24.7 Å². The Balaban J connectivity index is 3.05. The van der Waals surface area contributed by atoms with Crippen molar-refractivity contribution >= 4 is 11.6 Å². The third-order valence-electron chi connectivity index (χ3n) is 4.97. The molecule has 0 aliphatic heterocycles. The first-order valence-electron chi connectivity index (χ1n) is 9.74. The molecule has 3 unspecified atom stereocenters. The van der Waals surface area contributed by atoms with Crippen molar-refractivity contribution in [1.82, 2.24) is 0 Å². The summed E-state index contributed by atoms with van der Waals surface area (Å²) in [5.41, 5.74) is -0.0453. The lowest BCUT2D eigenvalue weighted by Gasteiger charge is -2.25. The average molecular weight is 353 g/mol. The number of hydrogen-bond donors (Lipinski definition) is 2. The zero-order valence-corrected chi connectivity index (χ0v) is 16.7. The number of hydrogen-bond acceptors (Lipinski definition) is 4. The Morgan fingerprint density at radius 1 is 0.960 bits per heavy atom. The lowest BCUT2D eigenvalue weighted by atomic mass is 9.81. The topological polar surface area (TPSA) is 74.6 Å². The largest absolute Gasteiger partial charge is 0.511 e. The molecule has 4 nitrogen and oxygen atoms in total. The van der Waals surface area contributed by atoms with Gasteiger partial charge in [0.1, 0.15) is 5.76 Å². The molecule has 144 valence electrons. The lowest BCUT2D eigenvalue weighted by molar-refractivity contribution is -0.126. The van der Waals surface area contributed by atoms with Crippen LogP contribution in [-0.2, 0) is 9.59 Å². The Morgan fingerprint density at radius 3 is 2.00 bits per heavy atom. The molecule has 0 aromatic rings. The quantitative estimate of drug-likeness (QED) is 0.569. The summed E-state index contributed by atoms with van der Waals surface area (Å²) in [6.07, 6.45) is 2.25. The Hall–Kier alpha value is -1.16. The molecule has 0 saturated carbocycles. The molecular formula is C21H36O4. The summed E-state index contributed by atoms with van der Waals surface area (Å²) in [4.78, 5) is 25.4. The van der Waals surface area contributed by atoms with E-state index in [2.05, 4.69) is 27.7 Å². The van der Waals surface area contributed by atoms with Gasteiger partial charge in [0.2, 0.25) is 0 Å². The van der Waals surface area contributed by atoms with Gasteiger partial charge in [-0.2, -0.15) is 0 Å². The molecule has 0 spiro atoms. The number of allylic oxidation sites excluding steroid dienone is 2. The van der Waals surface area contributed by atoms with E-state index in [0.717, 1.165) is 12.8 Å². The summed E-state index contributed by atoms with van der Waals surface area (Å²) in [5, 5.41) is 21.3. The van der Waals surface area contributed by atoms with Crippen molar-refractivity contribution in [2.75, 3.05) is 0 Å². The van der Waals surface area contributed by atoms with Crippen LogP contribution in [-0.4, -0.2) is 27.9 Å². The maximum atomic E-state index is 12.9. The van der Waals surface area contributed by atoms with Crippen LogP contribution in [0.1, 0.15) is 73.6 Å². The van der Waals surface area contributed by atoms with Crippen LogP contribution < -0.4 is 0 Å². The minimum absolute atomic E-state index is 0.0453. The average Bonchev–Trinajstić information content (AvgIpc) is 2.72. The van der Waals surface area contributed by atoms with Crippen LogP contribution in [0.3, 0.4) is 0 Å². The Morgan fingerprint density at radius 2 is 1.52 bits per heavy atom. The molecule has 0 amide bonds. The van der Waals surface area contributed by atoms with Gasteiger partial charge in [0.05, 0.1) is 17.6 Å². The highest BCUT2D eigenvalue weighted by Crippen LogP contribution is 2.40. The van der Waals surface area contributed by atoms with Crippen molar-refractivity contribution < 1.29 is 19.8 Å². The molecule has 0 radical (unpaired) electrons. The Kier molecular flexibility index (Phi) is 8.33. The van der Waals surface area contributed by atoms with Gasteiger partial charge in [-0.3, -0.25) is 9.59 Å². The third kappa shape index (κ3) is 5.95. The molecule has 25 heavy (non-hydrogen) atoms. The molecule has 1 aliphatic carbocycles. The smallest absolute Gasteiger partial charge is 0.176 e. The monoisotopic (exact) mass is 352 g/mol. The molecule has 4 heteroatoms. The zero-order valence-electron chi connectivity index (χ0n) is 16.7. The predicted octanol–water partition coefficient (Wildman–Crippen LogP) is 4.46.